The van der Waals surface area contributed by atoms with E-state index in [1.807, 2.05) is 30.0 Å². The molecule has 4 nitrogen and oxygen atoms in total. The maximum Gasteiger partial charge on any atom is 0.191 e. The van der Waals surface area contributed by atoms with Crippen LogP contribution in [0.3, 0.4) is 0 Å². The number of hydrogen-bond donors (Lipinski definition) is 2. The van der Waals surface area contributed by atoms with Gasteiger partial charge in [-0.05, 0) is 30.9 Å². The molecule has 1 rings (SSSR count). The first-order valence-corrected chi connectivity index (χ1v) is 8.16. The van der Waals surface area contributed by atoms with Gasteiger partial charge in [0.1, 0.15) is 5.75 Å². The van der Waals surface area contributed by atoms with Crippen molar-refractivity contribution in [2.45, 2.75) is 25.6 Å². The third kappa shape index (κ3) is 8.40. The quantitative estimate of drug-likeness (QED) is 0.402. The monoisotopic (exact) mass is 423 g/mol. The molecule has 0 bridgehead atoms. The minimum Gasteiger partial charge on any atom is -0.497 e. The summed E-state index contributed by atoms with van der Waals surface area (Å²) in [7, 11) is 1.68. The van der Waals surface area contributed by atoms with Crippen LogP contribution in [0.1, 0.15) is 19.4 Å². The van der Waals surface area contributed by atoms with Gasteiger partial charge >= 0.3 is 0 Å². The lowest BCUT2D eigenvalue weighted by molar-refractivity contribution is 0.414. The molecule has 120 valence electrons. The molecule has 0 fully saturated rings. The van der Waals surface area contributed by atoms with Crippen LogP contribution in [0.5, 0.6) is 5.75 Å². The fraction of sp³-hybridized carbons (Fsp3) is 0.533. The summed E-state index contributed by atoms with van der Waals surface area (Å²) >= 11 is 1.84. The van der Waals surface area contributed by atoms with Gasteiger partial charge in [0.15, 0.2) is 5.96 Å². The van der Waals surface area contributed by atoms with Crippen LogP contribution in [-0.4, -0.2) is 37.7 Å². The van der Waals surface area contributed by atoms with Gasteiger partial charge in [-0.15, -0.1) is 24.0 Å². The van der Waals surface area contributed by atoms with Crippen LogP contribution in [0.25, 0.3) is 0 Å². The summed E-state index contributed by atoms with van der Waals surface area (Å²) in [6.07, 6.45) is 2.12. The number of thioether (sulfide) groups is 1. The summed E-state index contributed by atoms with van der Waals surface area (Å²) in [5.41, 5.74) is 1.14. The van der Waals surface area contributed by atoms with Crippen molar-refractivity contribution in [3.8, 4) is 5.75 Å². The van der Waals surface area contributed by atoms with E-state index >= 15 is 0 Å². The molecular formula is C15H26IN3OS. The first-order valence-electron chi connectivity index (χ1n) is 6.87. The molecule has 0 saturated carbocycles. The minimum absolute atomic E-state index is 0. The molecule has 0 aliphatic carbocycles. The molecule has 6 heteroatoms. The van der Waals surface area contributed by atoms with Crippen LogP contribution < -0.4 is 15.4 Å². The van der Waals surface area contributed by atoms with E-state index in [-0.39, 0.29) is 24.0 Å². The summed E-state index contributed by atoms with van der Waals surface area (Å²) in [6.45, 7) is 6.67. The van der Waals surface area contributed by atoms with Crippen molar-refractivity contribution in [3.05, 3.63) is 29.8 Å². The number of aliphatic imine (C=N–C) groups is 1. The van der Waals surface area contributed by atoms with E-state index in [4.69, 9.17) is 4.74 Å². The highest BCUT2D eigenvalue weighted by Gasteiger charge is 2.02. The second-order valence-corrected chi connectivity index (χ2v) is 5.75. The fourth-order valence-electron chi connectivity index (χ4n) is 1.61. The van der Waals surface area contributed by atoms with Crippen molar-refractivity contribution in [1.29, 1.82) is 0 Å². The van der Waals surface area contributed by atoms with Gasteiger partial charge in [-0.3, -0.25) is 0 Å². The number of guanidine groups is 1. The number of benzene rings is 1. The van der Waals surface area contributed by atoms with Gasteiger partial charge in [0.2, 0.25) is 0 Å². The van der Waals surface area contributed by atoms with Gasteiger partial charge in [-0.1, -0.05) is 19.1 Å². The van der Waals surface area contributed by atoms with Crippen molar-refractivity contribution >= 4 is 41.7 Å². The Labute approximate surface area is 149 Å². The van der Waals surface area contributed by atoms with Crippen molar-refractivity contribution in [2.75, 3.05) is 26.5 Å². The highest BCUT2D eigenvalue weighted by molar-refractivity contribution is 14.0. The average Bonchev–Trinajstić information content (AvgIpc) is 2.49. The maximum absolute atomic E-state index is 5.22. The number of ether oxygens (including phenoxy) is 1. The topological polar surface area (TPSA) is 45.7 Å². The summed E-state index contributed by atoms with van der Waals surface area (Å²) in [5.74, 6) is 1.72. The van der Waals surface area contributed by atoms with Crippen molar-refractivity contribution < 1.29 is 4.74 Å². The molecule has 21 heavy (non-hydrogen) atoms. The Hall–Kier alpha value is -0.630. The normalized spacial score (nSPS) is 12.3. The molecule has 1 aromatic rings. The second kappa shape index (κ2) is 12.0. The van der Waals surface area contributed by atoms with Gasteiger partial charge in [0.25, 0.3) is 0 Å². The lowest BCUT2D eigenvalue weighted by atomic mass is 10.2. The van der Waals surface area contributed by atoms with Crippen LogP contribution in [0.4, 0.5) is 0 Å². The summed E-state index contributed by atoms with van der Waals surface area (Å²) in [5, 5.41) is 7.18. The van der Waals surface area contributed by atoms with E-state index in [1.165, 1.54) is 0 Å². The molecule has 0 heterocycles. The number of hydrogen-bond acceptors (Lipinski definition) is 3. The molecule has 1 aromatic carbocycles. The van der Waals surface area contributed by atoms with Crippen LogP contribution >= 0.6 is 35.7 Å². The molecule has 0 aromatic heterocycles. The number of halogens is 1. The predicted octanol–water partition coefficient (Wildman–Crippen LogP) is 3.12. The lowest BCUT2D eigenvalue weighted by Crippen LogP contribution is -2.40. The molecular weight excluding hydrogens is 397 g/mol. The van der Waals surface area contributed by atoms with Gasteiger partial charge in [-0.25, -0.2) is 4.99 Å². The molecule has 2 N–H and O–H groups in total. The van der Waals surface area contributed by atoms with Crippen molar-refractivity contribution in [1.82, 2.24) is 10.6 Å². The first kappa shape index (κ1) is 20.4. The third-order valence-corrected chi connectivity index (χ3v) is 3.83. The maximum atomic E-state index is 5.22. The fourth-order valence-corrected chi connectivity index (χ4v) is 1.86. The molecule has 0 spiro atoms. The van der Waals surface area contributed by atoms with E-state index in [1.54, 1.807) is 7.11 Å². The standard InChI is InChI=1S/C15H25N3OS.HI/c1-5-16-15(17-10-12(2)20-4)18-11-13-7-6-8-14(9-13)19-3;/h6-9,12H,5,10-11H2,1-4H3,(H2,16,17,18);1H. The number of rotatable bonds is 7. The average molecular weight is 423 g/mol. The Bertz CT molecular complexity index is 429. The molecule has 0 radical (unpaired) electrons. The highest BCUT2D eigenvalue weighted by atomic mass is 127. The molecule has 0 aliphatic heterocycles. The molecule has 0 saturated heterocycles. The van der Waals surface area contributed by atoms with E-state index in [0.29, 0.717) is 11.8 Å². The van der Waals surface area contributed by atoms with E-state index in [9.17, 15) is 0 Å². The number of nitrogens with one attached hydrogen (secondary N) is 2. The zero-order valence-electron chi connectivity index (χ0n) is 13.2. The Morgan fingerprint density at radius 1 is 1.38 bits per heavy atom. The summed E-state index contributed by atoms with van der Waals surface area (Å²) < 4.78 is 5.22. The lowest BCUT2D eigenvalue weighted by Gasteiger charge is -2.14. The third-order valence-electron chi connectivity index (χ3n) is 2.86. The van der Waals surface area contributed by atoms with Gasteiger partial charge < -0.3 is 15.4 Å². The van der Waals surface area contributed by atoms with E-state index < -0.39 is 0 Å². The highest BCUT2D eigenvalue weighted by Crippen LogP contribution is 2.13. The van der Waals surface area contributed by atoms with Gasteiger partial charge in [-0.2, -0.15) is 11.8 Å². The number of methoxy groups -OCH3 is 1. The Morgan fingerprint density at radius 3 is 2.76 bits per heavy atom. The SMILES string of the molecule is CCNC(=NCc1cccc(OC)c1)NCC(C)SC.I. The smallest absolute Gasteiger partial charge is 0.191 e. The van der Waals surface area contributed by atoms with Gasteiger partial charge in [0.05, 0.1) is 13.7 Å². The van der Waals surface area contributed by atoms with Crippen LogP contribution in [0, 0.1) is 0 Å². The Balaban J connectivity index is 0.00000400. The molecule has 1 atom stereocenters. The second-order valence-electron chi connectivity index (χ2n) is 4.47. The van der Waals surface area contributed by atoms with Crippen LogP contribution in [-0.2, 0) is 6.54 Å². The van der Waals surface area contributed by atoms with E-state index in [0.717, 1.165) is 30.4 Å². The Morgan fingerprint density at radius 2 is 2.14 bits per heavy atom. The zero-order chi connectivity index (χ0) is 14.8. The van der Waals surface area contributed by atoms with Crippen LogP contribution in [0.15, 0.2) is 29.3 Å². The first-order chi connectivity index (χ1) is 9.69. The summed E-state index contributed by atoms with van der Waals surface area (Å²) in [6, 6.07) is 7.99. The molecule has 1 unspecified atom stereocenters. The van der Waals surface area contributed by atoms with Crippen LogP contribution in [0.2, 0.25) is 0 Å². The largest absolute Gasteiger partial charge is 0.497 e. The summed E-state index contributed by atoms with van der Waals surface area (Å²) in [4.78, 5) is 4.59. The van der Waals surface area contributed by atoms with E-state index in [2.05, 4.69) is 41.8 Å². The number of nitrogens with zero attached hydrogens (tertiary/aromatic N) is 1. The van der Waals surface area contributed by atoms with Crippen molar-refractivity contribution in [2.24, 2.45) is 4.99 Å². The Kier molecular flexibility index (Phi) is 11.6. The van der Waals surface area contributed by atoms with Crippen molar-refractivity contribution in [3.63, 3.8) is 0 Å². The molecule has 0 amide bonds. The zero-order valence-corrected chi connectivity index (χ0v) is 16.3. The predicted molar refractivity (Wildman–Crippen MR) is 104 cm³/mol. The molecule has 0 aliphatic rings. The minimum atomic E-state index is 0. The van der Waals surface area contributed by atoms with Gasteiger partial charge in [0, 0.05) is 18.3 Å².